The smallest absolute Gasteiger partial charge is 0.229 e. The number of hydrogen-bond acceptors (Lipinski definition) is 4. The summed E-state index contributed by atoms with van der Waals surface area (Å²) in [7, 11) is 0. The average Bonchev–Trinajstić information content (AvgIpc) is 3.13. The Kier molecular flexibility index (Phi) is 6.84. The number of benzene rings is 2. The van der Waals surface area contributed by atoms with Crippen molar-refractivity contribution in [2.45, 2.75) is 26.8 Å². The van der Waals surface area contributed by atoms with Gasteiger partial charge in [-0.05, 0) is 37.6 Å². The van der Waals surface area contributed by atoms with E-state index in [9.17, 15) is 9.18 Å². The van der Waals surface area contributed by atoms with E-state index in [1.165, 1.54) is 6.07 Å². The van der Waals surface area contributed by atoms with Gasteiger partial charge >= 0.3 is 0 Å². The minimum absolute atomic E-state index is 0.173. The molecule has 1 heterocycles. The number of rotatable bonds is 9. The number of carbonyl (C=O) groups is 1. The first-order valence-corrected chi connectivity index (χ1v) is 9.54. The minimum atomic E-state index is -0.283. The van der Waals surface area contributed by atoms with E-state index >= 15 is 0 Å². The van der Waals surface area contributed by atoms with Crippen LogP contribution in [0.25, 0.3) is 0 Å². The van der Waals surface area contributed by atoms with E-state index < -0.39 is 0 Å². The molecule has 0 fully saturated rings. The highest BCUT2D eigenvalue weighted by atomic mass is 19.1. The standard InChI is InChI=1S/C22H24FN3O3/c1-3-28-19-10-9-16(13-20(19)29-4-2)14-22(27)24-21-11-12-26(25-21)15-17-7-5-6-8-18(17)23/h5-13H,3-4,14-15H2,1-2H3,(H,24,25,27). The topological polar surface area (TPSA) is 65.4 Å². The molecule has 3 aromatic rings. The number of nitrogens with zero attached hydrogens (tertiary/aromatic N) is 2. The highest BCUT2D eigenvalue weighted by Gasteiger charge is 2.11. The highest BCUT2D eigenvalue weighted by molar-refractivity contribution is 5.91. The van der Waals surface area contributed by atoms with Crippen molar-refractivity contribution in [3.05, 3.63) is 71.7 Å². The molecule has 7 heteroatoms. The summed E-state index contributed by atoms with van der Waals surface area (Å²) in [6.45, 7) is 5.14. The van der Waals surface area contributed by atoms with Crippen LogP contribution in [0.4, 0.5) is 10.2 Å². The average molecular weight is 397 g/mol. The van der Waals surface area contributed by atoms with Gasteiger partial charge in [0.2, 0.25) is 5.91 Å². The van der Waals surface area contributed by atoms with Gasteiger partial charge in [-0.3, -0.25) is 9.48 Å². The third kappa shape index (κ3) is 5.57. The van der Waals surface area contributed by atoms with Crippen molar-refractivity contribution in [2.75, 3.05) is 18.5 Å². The van der Waals surface area contributed by atoms with Gasteiger partial charge in [0.1, 0.15) is 5.82 Å². The molecule has 0 aliphatic carbocycles. The fraction of sp³-hybridized carbons (Fsp3) is 0.273. The molecular formula is C22H24FN3O3. The van der Waals surface area contributed by atoms with Crippen LogP contribution in [0, 0.1) is 5.82 Å². The van der Waals surface area contributed by atoms with Gasteiger partial charge in [-0.25, -0.2) is 4.39 Å². The van der Waals surface area contributed by atoms with Crippen molar-refractivity contribution in [1.29, 1.82) is 0 Å². The van der Waals surface area contributed by atoms with E-state index in [4.69, 9.17) is 9.47 Å². The molecule has 0 atom stereocenters. The van der Waals surface area contributed by atoms with Crippen LogP contribution in [-0.4, -0.2) is 28.9 Å². The zero-order valence-electron chi connectivity index (χ0n) is 16.5. The molecule has 0 spiro atoms. The van der Waals surface area contributed by atoms with Crippen molar-refractivity contribution in [2.24, 2.45) is 0 Å². The quantitative estimate of drug-likeness (QED) is 0.592. The fourth-order valence-corrected chi connectivity index (χ4v) is 2.90. The molecule has 29 heavy (non-hydrogen) atoms. The van der Waals surface area contributed by atoms with Gasteiger partial charge in [-0.2, -0.15) is 5.10 Å². The van der Waals surface area contributed by atoms with Gasteiger partial charge in [0.05, 0.1) is 26.2 Å². The lowest BCUT2D eigenvalue weighted by Gasteiger charge is -2.12. The molecule has 0 saturated carbocycles. The SMILES string of the molecule is CCOc1ccc(CC(=O)Nc2ccn(Cc3ccccc3F)n2)cc1OCC. The van der Waals surface area contributed by atoms with E-state index in [-0.39, 0.29) is 18.1 Å². The number of halogens is 1. The Hall–Kier alpha value is -3.35. The second-order valence-electron chi connectivity index (χ2n) is 6.36. The Labute approximate surface area is 169 Å². The normalized spacial score (nSPS) is 10.6. The molecule has 0 aliphatic rings. The van der Waals surface area contributed by atoms with Gasteiger partial charge in [0.15, 0.2) is 17.3 Å². The summed E-state index contributed by atoms with van der Waals surface area (Å²) in [5.74, 6) is 1.21. The predicted octanol–water partition coefficient (Wildman–Crippen LogP) is 4.05. The molecule has 0 unspecified atom stereocenters. The minimum Gasteiger partial charge on any atom is -0.490 e. The number of nitrogens with one attached hydrogen (secondary N) is 1. The zero-order chi connectivity index (χ0) is 20.6. The molecule has 0 saturated heterocycles. The molecule has 1 N–H and O–H groups in total. The third-order valence-electron chi connectivity index (χ3n) is 4.17. The second kappa shape index (κ2) is 9.73. The Morgan fingerprint density at radius 3 is 2.59 bits per heavy atom. The lowest BCUT2D eigenvalue weighted by molar-refractivity contribution is -0.115. The summed E-state index contributed by atoms with van der Waals surface area (Å²) in [4.78, 5) is 12.4. The van der Waals surface area contributed by atoms with Crippen LogP contribution < -0.4 is 14.8 Å². The number of aromatic nitrogens is 2. The molecule has 0 radical (unpaired) electrons. The van der Waals surface area contributed by atoms with Crippen LogP contribution in [0.1, 0.15) is 25.0 Å². The van der Waals surface area contributed by atoms with Crippen molar-refractivity contribution in [3.63, 3.8) is 0 Å². The van der Waals surface area contributed by atoms with Crippen LogP contribution in [0.2, 0.25) is 0 Å². The first-order valence-electron chi connectivity index (χ1n) is 9.54. The maximum Gasteiger partial charge on any atom is 0.229 e. The Balaban J connectivity index is 1.62. The zero-order valence-corrected chi connectivity index (χ0v) is 16.5. The van der Waals surface area contributed by atoms with E-state index in [1.54, 1.807) is 41.2 Å². The first kappa shape index (κ1) is 20.4. The van der Waals surface area contributed by atoms with Gasteiger partial charge < -0.3 is 14.8 Å². The molecule has 0 aliphatic heterocycles. The number of amides is 1. The van der Waals surface area contributed by atoms with E-state index in [0.717, 1.165) is 5.56 Å². The Morgan fingerprint density at radius 1 is 1.07 bits per heavy atom. The van der Waals surface area contributed by atoms with Crippen molar-refractivity contribution < 1.29 is 18.7 Å². The van der Waals surface area contributed by atoms with Gasteiger partial charge in [0.25, 0.3) is 0 Å². The summed E-state index contributed by atoms with van der Waals surface area (Å²) in [6.07, 6.45) is 1.87. The number of carbonyl (C=O) groups excluding carboxylic acids is 1. The molecule has 6 nitrogen and oxygen atoms in total. The van der Waals surface area contributed by atoms with Crippen LogP contribution >= 0.6 is 0 Å². The Bertz CT molecular complexity index is 971. The third-order valence-corrected chi connectivity index (χ3v) is 4.17. The monoisotopic (exact) mass is 397 g/mol. The summed E-state index contributed by atoms with van der Waals surface area (Å²) < 4.78 is 26.5. The fourth-order valence-electron chi connectivity index (χ4n) is 2.90. The highest BCUT2D eigenvalue weighted by Crippen LogP contribution is 2.28. The number of anilines is 1. The molecule has 1 aromatic heterocycles. The molecule has 0 bridgehead atoms. The summed E-state index contributed by atoms with van der Waals surface area (Å²) >= 11 is 0. The van der Waals surface area contributed by atoms with Gasteiger partial charge in [0, 0.05) is 17.8 Å². The summed E-state index contributed by atoms with van der Waals surface area (Å²) in [5, 5.41) is 7.05. The molecule has 1 amide bonds. The van der Waals surface area contributed by atoms with E-state index in [2.05, 4.69) is 10.4 Å². The van der Waals surface area contributed by atoms with Crippen LogP contribution in [0.5, 0.6) is 11.5 Å². The molecular weight excluding hydrogens is 373 g/mol. The van der Waals surface area contributed by atoms with Gasteiger partial charge in [-0.1, -0.05) is 24.3 Å². The van der Waals surface area contributed by atoms with Crippen molar-refractivity contribution in [1.82, 2.24) is 9.78 Å². The van der Waals surface area contributed by atoms with E-state index in [0.29, 0.717) is 42.6 Å². The second-order valence-corrected chi connectivity index (χ2v) is 6.36. The number of hydrogen-bond donors (Lipinski definition) is 1. The maximum atomic E-state index is 13.8. The molecule has 152 valence electrons. The van der Waals surface area contributed by atoms with E-state index in [1.807, 2.05) is 26.0 Å². The van der Waals surface area contributed by atoms with Crippen molar-refractivity contribution in [3.8, 4) is 11.5 Å². The van der Waals surface area contributed by atoms with Crippen LogP contribution in [0.3, 0.4) is 0 Å². The summed E-state index contributed by atoms with van der Waals surface area (Å²) in [6, 6.07) is 13.7. The largest absolute Gasteiger partial charge is 0.490 e. The lowest BCUT2D eigenvalue weighted by atomic mass is 10.1. The van der Waals surface area contributed by atoms with Crippen LogP contribution in [-0.2, 0) is 17.8 Å². The molecule has 3 rings (SSSR count). The first-order chi connectivity index (χ1) is 14.1. The lowest BCUT2D eigenvalue weighted by Crippen LogP contribution is -2.15. The Morgan fingerprint density at radius 2 is 1.83 bits per heavy atom. The van der Waals surface area contributed by atoms with Crippen LogP contribution in [0.15, 0.2) is 54.7 Å². The van der Waals surface area contributed by atoms with Crippen molar-refractivity contribution >= 4 is 11.7 Å². The predicted molar refractivity (Wildman–Crippen MR) is 109 cm³/mol. The number of ether oxygens (including phenoxy) is 2. The maximum absolute atomic E-state index is 13.8. The summed E-state index contributed by atoms with van der Waals surface area (Å²) in [5.41, 5.74) is 1.34. The van der Waals surface area contributed by atoms with Gasteiger partial charge in [-0.15, -0.1) is 0 Å². The molecule has 2 aromatic carbocycles.